The number of hydrazine groups is 1. The summed E-state index contributed by atoms with van der Waals surface area (Å²) >= 11 is 8.34. The molecule has 0 heterocycles. The first-order valence-corrected chi connectivity index (χ1v) is 6.95. The Bertz CT molecular complexity index is 362. The highest BCUT2D eigenvalue weighted by Crippen LogP contribution is 2.28. The molecule has 0 radical (unpaired) electrons. The van der Waals surface area contributed by atoms with Gasteiger partial charge in [-0.05, 0) is 52.6 Å². The molecule has 2 unspecified atom stereocenters. The van der Waals surface area contributed by atoms with Gasteiger partial charge in [0.1, 0.15) is 0 Å². The van der Waals surface area contributed by atoms with Crippen LogP contribution in [0.5, 0.6) is 0 Å². The normalized spacial score (nSPS) is 14.6. The summed E-state index contributed by atoms with van der Waals surface area (Å²) in [6, 6.07) is 6.13. The van der Waals surface area contributed by atoms with Crippen LogP contribution in [0.1, 0.15) is 24.9 Å². The van der Waals surface area contributed by atoms with Gasteiger partial charge in [-0.3, -0.25) is 11.3 Å². The van der Waals surface area contributed by atoms with Crippen LogP contribution >= 0.6 is 34.2 Å². The molecule has 0 fully saturated rings. The third kappa shape index (κ3) is 4.37. The molecule has 0 aromatic heterocycles. The lowest BCUT2D eigenvalue weighted by molar-refractivity contribution is 0.170. The summed E-state index contributed by atoms with van der Waals surface area (Å²) in [5.41, 5.74) is 3.97. The van der Waals surface area contributed by atoms with Gasteiger partial charge >= 0.3 is 0 Å². The lowest BCUT2D eigenvalue weighted by Gasteiger charge is -2.23. The molecule has 0 amide bonds. The number of hydrogen-bond acceptors (Lipinski definition) is 3. The average Bonchev–Trinajstić information content (AvgIpc) is 2.32. The molecule has 3 N–H and O–H groups in total. The van der Waals surface area contributed by atoms with E-state index in [0.29, 0.717) is 5.92 Å². The highest BCUT2D eigenvalue weighted by molar-refractivity contribution is 14.1. The van der Waals surface area contributed by atoms with Crippen LogP contribution in [0.15, 0.2) is 18.2 Å². The van der Waals surface area contributed by atoms with Crippen LogP contribution in [0.25, 0.3) is 0 Å². The zero-order valence-electron chi connectivity index (χ0n) is 10.0. The topological polar surface area (TPSA) is 47.3 Å². The second-order valence-corrected chi connectivity index (χ2v) is 5.65. The average molecular weight is 369 g/mol. The van der Waals surface area contributed by atoms with Crippen molar-refractivity contribution in [2.24, 2.45) is 11.8 Å². The molecule has 0 aliphatic carbocycles. The summed E-state index contributed by atoms with van der Waals surface area (Å²) in [5, 5.41) is 0.766. The smallest absolute Gasteiger partial charge is 0.0542 e. The number of ether oxygens (including phenoxy) is 1. The number of nitrogens with two attached hydrogens (primary N) is 1. The predicted octanol–water partition coefficient (Wildman–Crippen LogP) is 3.12. The summed E-state index contributed by atoms with van der Waals surface area (Å²) in [5.74, 6) is 6.02. The maximum absolute atomic E-state index is 6.12. The minimum absolute atomic E-state index is 0.0969. The van der Waals surface area contributed by atoms with E-state index >= 15 is 0 Å². The lowest BCUT2D eigenvalue weighted by atomic mass is 9.93. The Morgan fingerprint density at radius 3 is 2.76 bits per heavy atom. The van der Waals surface area contributed by atoms with Gasteiger partial charge in [-0.1, -0.05) is 24.6 Å². The first-order valence-electron chi connectivity index (χ1n) is 5.50. The van der Waals surface area contributed by atoms with Gasteiger partial charge in [0.15, 0.2) is 0 Å². The second-order valence-electron chi connectivity index (χ2n) is 4.08. The number of hydrogen-bond donors (Lipinski definition) is 2. The zero-order valence-corrected chi connectivity index (χ0v) is 13.0. The Morgan fingerprint density at radius 2 is 2.24 bits per heavy atom. The van der Waals surface area contributed by atoms with E-state index in [1.807, 2.05) is 12.1 Å². The summed E-state index contributed by atoms with van der Waals surface area (Å²) in [4.78, 5) is 0. The van der Waals surface area contributed by atoms with Crippen molar-refractivity contribution < 1.29 is 4.74 Å². The predicted molar refractivity (Wildman–Crippen MR) is 79.9 cm³/mol. The monoisotopic (exact) mass is 368 g/mol. The van der Waals surface area contributed by atoms with Crippen molar-refractivity contribution >= 4 is 34.2 Å². The molecule has 2 atom stereocenters. The molecule has 1 rings (SSSR count). The van der Waals surface area contributed by atoms with Gasteiger partial charge in [0.05, 0.1) is 5.02 Å². The fraction of sp³-hybridized carbons (Fsp3) is 0.500. The van der Waals surface area contributed by atoms with Crippen LogP contribution in [0.4, 0.5) is 0 Å². The van der Waals surface area contributed by atoms with E-state index in [1.165, 1.54) is 0 Å². The van der Waals surface area contributed by atoms with Crippen LogP contribution in [0.3, 0.4) is 0 Å². The van der Waals surface area contributed by atoms with Gasteiger partial charge < -0.3 is 4.74 Å². The van der Waals surface area contributed by atoms with Crippen molar-refractivity contribution in [3.05, 3.63) is 32.4 Å². The van der Waals surface area contributed by atoms with Crippen LogP contribution in [-0.2, 0) is 4.74 Å². The molecule has 0 aliphatic heterocycles. The van der Waals surface area contributed by atoms with E-state index in [-0.39, 0.29) is 6.04 Å². The second kappa shape index (κ2) is 7.53. The standard InChI is InChI=1S/C12H18ClIN2O/c1-8(5-6-17-2)12(16-15)9-3-4-11(14)10(13)7-9/h3-4,7-8,12,16H,5-6,15H2,1-2H3. The summed E-state index contributed by atoms with van der Waals surface area (Å²) in [7, 11) is 1.71. The Labute approximate surface area is 121 Å². The summed E-state index contributed by atoms with van der Waals surface area (Å²) in [6.45, 7) is 2.88. The molecule has 3 nitrogen and oxygen atoms in total. The molecule has 1 aromatic carbocycles. The molecule has 0 saturated carbocycles. The highest BCUT2D eigenvalue weighted by Gasteiger charge is 2.18. The Kier molecular flexibility index (Phi) is 6.72. The van der Waals surface area contributed by atoms with Crippen molar-refractivity contribution in [1.29, 1.82) is 0 Å². The third-order valence-corrected chi connectivity index (χ3v) is 4.40. The van der Waals surface area contributed by atoms with E-state index in [0.717, 1.165) is 27.2 Å². The molecule has 0 bridgehead atoms. The van der Waals surface area contributed by atoms with Gasteiger partial charge in [-0.25, -0.2) is 0 Å². The van der Waals surface area contributed by atoms with Crippen molar-refractivity contribution in [3.8, 4) is 0 Å². The number of methoxy groups -OCH3 is 1. The maximum Gasteiger partial charge on any atom is 0.0542 e. The summed E-state index contributed by atoms with van der Waals surface area (Å²) in [6.07, 6.45) is 0.953. The van der Waals surface area contributed by atoms with Crippen molar-refractivity contribution in [3.63, 3.8) is 0 Å². The Morgan fingerprint density at radius 1 is 1.53 bits per heavy atom. The van der Waals surface area contributed by atoms with Crippen LogP contribution in [0, 0.1) is 9.49 Å². The van der Waals surface area contributed by atoms with Gasteiger partial charge in [-0.15, -0.1) is 0 Å². The zero-order chi connectivity index (χ0) is 12.8. The van der Waals surface area contributed by atoms with E-state index in [4.69, 9.17) is 22.2 Å². The molecule has 5 heteroatoms. The highest BCUT2D eigenvalue weighted by atomic mass is 127. The summed E-state index contributed by atoms with van der Waals surface area (Å²) < 4.78 is 6.14. The van der Waals surface area contributed by atoms with Gasteiger partial charge in [0, 0.05) is 23.3 Å². The maximum atomic E-state index is 6.12. The van der Waals surface area contributed by atoms with Gasteiger partial charge in [-0.2, -0.15) is 0 Å². The number of rotatable bonds is 6. The van der Waals surface area contributed by atoms with Crippen molar-refractivity contribution in [1.82, 2.24) is 5.43 Å². The molecule has 1 aromatic rings. The molecule has 0 spiro atoms. The van der Waals surface area contributed by atoms with Crippen molar-refractivity contribution in [2.45, 2.75) is 19.4 Å². The Hall–Kier alpha value is 0.120. The SMILES string of the molecule is COCCC(C)C(NN)c1ccc(I)c(Cl)c1. The van der Waals surface area contributed by atoms with Gasteiger partial charge in [0.2, 0.25) is 0 Å². The number of halogens is 2. The first kappa shape index (κ1) is 15.2. The largest absolute Gasteiger partial charge is 0.385 e. The molecule has 17 heavy (non-hydrogen) atoms. The lowest BCUT2D eigenvalue weighted by Crippen LogP contribution is -2.33. The molecular formula is C12H18ClIN2O. The van der Waals surface area contributed by atoms with E-state index < -0.39 is 0 Å². The fourth-order valence-electron chi connectivity index (χ4n) is 1.77. The molecule has 0 aliphatic rings. The minimum atomic E-state index is 0.0969. The van der Waals surface area contributed by atoms with E-state index in [2.05, 4.69) is 41.0 Å². The minimum Gasteiger partial charge on any atom is -0.385 e. The van der Waals surface area contributed by atoms with E-state index in [9.17, 15) is 0 Å². The number of benzene rings is 1. The molecule has 96 valence electrons. The van der Waals surface area contributed by atoms with Crippen molar-refractivity contribution in [2.75, 3.05) is 13.7 Å². The molecular weight excluding hydrogens is 351 g/mol. The van der Waals surface area contributed by atoms with Gasteiger partial charge in [0.25, 0.3) is 0 Å². The fourth-order valence-corrected chi connectivity index (χ4v) is 2.29. The van der Waals surface area contributed by atoms with Crippen LogP contribution in [-0.4, -0.2) is 13.7 Å². The number of nitrogens with one attached hydrogen (secondary N) is 1. The molecule has 0 saturated heterocycles. The Balaban J connectivity index is 2.81. The first-order chi connectivity index (χ1) is 8.10. The van der Waals surface area contributed by atoms with Crippen LogP contribution in [0.2, 0.25) is 5.02 Å². The van der Waals surface area contributed by atoms with Crippen LogP contribution < -0.4 is 11.3 Å². The third-order valence-electron chi connectivity index (χ3n) is 2.83. The quantitative estimate of drug-likeness (QED) is 0.461. The van der Waals surface area contributed by atoms with E-state index in [1.54, 1.807) is 7.11 Å².